The minimum atomic E-state index is -3.64. The summed E-state index contributed by atoms with van der Waals surface area (Å²) < 4.78 is 31.9. The lowest BCUT2D eigenvalue weighted by atomic mass is 9.98. The molecule has 2 aliphatic heterocycles. The molecule has 0 aliphatic carbocycles. The van der Waals surface area contributed by atoms with Crippen molar-refractivity contribution >= 4 is 27.8 Å². The maximum absolute atomic E-state index is 12.6. The third kappa shape index (κ3) is 4.08. The normalized spacial score (nSPS) is 17.6. The molecule has 3 heterocycles. The van der Waals surface area contributed by atoms with E-state index < -0.39 is 33.7 Å². The number of pyridine rings is 1. The molecular formula is C21H21N3O6S. The first-order chi connectivity index (χ1) is 14.9. The molecule has 10 heteroatoms. The fourth-order valence-corrected chi connectivity index (χ4v) is 5.21. The predicted octanol–water partition coefficient (Wildman–Crippen LogP) is 1.32. The average Bonchev–Trinajstić information content (AvgIpc) is 3.04. The molecule has 0 bridgehead atoms. The molecule has 1 aromatic heterocycles. The van der Waals surface area contributed by atoms with Gasteiger partial charge in [0, 0.05) is 25.5 Å². The quantitative estimate of drug-likeness (QED) is 0.489. The highest BCUT2D eigenvalue weighted by Crippen LogP contribution is 2.25. The van der Waals surface area contributed by atoms with Crippen molar-refractivity contribution in [2.45, 2.75) is 17.7 Å². The van der Waals surface area contributed by atoms with Crippen LogP contribution in [0.1, 0.15) is 33.6 Å². The molecule has 0 radical (unpaired) electrons. The molecule has 2 amide bonds. The molecule has 0 N–H and O–H groups in total. The van der Waals surface area contributed by atoms with Gasteiger partial charge in [0.25, 0.3) is 11.8 Å². The zero-order chi connectivity index (χ0) is 22.0. The van der Waals surface area contributed by atoms with Gasteiger partial charge in [-0.1, -0.05) is 12.1 Å². The molecule has 4 rings (SSSR count). The number of benzene rings is 1. The number of esters is 1. The van der Waals surface area contributed by atoms with E-state index >= 15 is 0 Å². The van der Waals surface area contributed by atoms with Crippen molar-refractivity contribution in [3.05, 3.63) is 59.9 Å². The van der Waals surface area contributed by atoms with Gasteiger partial charge in [-0.3, -0.25) is 24.3 Å². The lowest BCUT2D eigenvalue weighted by Gasteiger charge is -2.30. The van der Waals surface area contributed by atoms with Crippen LogP contribution < -0.4 is 0 Å². The average molecular weight is 443 g/mol. The van der Waals surface area contributed by atoms with Crippen molar-refractivity contribution in [3.63, 3.8) is 0 Å². The fraction of sp³-hybridized carbons (Fsp3) is 0.333. The number of fused-ring (bicyclic) bond motifs is 1. The third-order valence-electron chi connectivity index (χ3n) is 5.50. The molecule has 0 unspecified atom stereocenters. The van der Waals surface area contributed by atoms with Crippen LogP contribution in [-0.4, -0.2) is 66.6 Å². The second-order valence-corrected chi connectivity index (χ2v) is 9.28. The third-order valence-corrected chi connectivity index (χ3v) is 7.38. The molecule has 0 saturated carbocycles. The molecule has 2 aromatic rings. The Morgan fingerprint density at radius 3 is 2.26 bits per heavy atom. The van der Waals surface area contributed by atoms with Crippen LogP contribution in [0, 0.1) is 5.92 Å². The van der Waals surface area contributed by atoms with Crippen LogP contribution in [0.2, 0.25) is 0 Å². The summed E-state index contributed by atoms with van der Waals surface area (Å²) in [5.74, 6) is -1.67. The van der Waals surface area contributed by atoms with Crippen LogP contribution in [0.4, 0.5) is 0 Å². The van der Waals surface area contributed by atoms with Gasteiger partial charge in [-0.05, 0) is 37.1 Å². The van der Waals surface area contributed by atoms with Crippen molar-refractivity contribution in [3.8, 4) is 0 Å². The van der Waals surface area contributed by atoms with E-state index in [2.05, 4.69) is 4.98 Å². The number of ether oxygens (including phenoxy) is 1. The molecule has 0 atom stereocenters. The number of rotatable bonds is 6. The Kier molecular flexibility index (Phi) is 5.84. The molecule has 1 saturated heterocycles. The topological polar surface area (TPSA) is 114 Å². The van der Waals surface area contributed by atoms with Crippen LogP contribution in [0.3, 0.4) is 0 Å². The summed E-state index contributed by atoms with van der Waals surface area (Å²) in [5.41, 5.74) is 0.696. The van der Waals surface area contributed by atoms with Crippen molar-refractivity contribution < 1.29 is 27.5 Å². The second kappa shape index (κ2) is 8.56. The molecule has 1 aromatic carbocycles. The van der Waals surface area contributed by atoms with Gasteiger partial charge in [-0.2, -0.15) is 4.31 Å². The number of carbonyl (C=O) groups excluding carboxylic acids is 3. The summed E-state index contributed by atoms with van der Waals surface area (Å²) in [6.45, 7) is 0.287. The van der Waals surface area contributed by atoms with Gasteiger partial charge in [0.15, 0.2) is 0 Å². The van der Waals surface area contributed by atoms with E-state index in [1.165, 1.54) is 22.8 Å². The minimum Gasteiger partial charge on any atom is -0.464 e. The number of piperidine rings is 1. The van der Waals surface area contributed by atoms with Gasteiger partial charge in [-0.15, -0.1) is 0 Å². The summed E-state index contributed by atoms with van der Waals surface area (Å²) in [4.78, 5) is 42.1. The standard InChI is InChI=1S/C21H21N3O6S/c25-19-17-5-1-2-6-18(17)20(26)24(19)12-13-30-21(27)15-7-10-23(11-8-15)31(28,29)16-4-3-9-22-14-16/h1-6,9,14-15H,7-8,10-13H2. The Labute approximate surface area is 179 Å². The largest absolute Gasteiger partial charge is 0.464 e. The number of sulfonamides is 1. The summed E-state index contributed by atoms with van der Waals surface area (Å²) in [7, 11) is -3.64. The molecule has 162 valence electrons. The molecule has 0 spiro atoms. The van der Waals surface area contributed by atoms with Gasteiger partial charge in [0.2, 0.25) is 10.0 Å². The predicted molar refractivity (Wildman–Crippen MR) is 108 cm³/mol. The van der Waals surface area contributed by atoms with E-state index in [4.69, 9.17) is 4.74 Å². The Hall–Kier alpha value is -3.11. The molecular weight excluding hydrogens is 422 g/mol. The van der Waals surface area contributed by atoms with E-state index in [0.717, 1.165) is 4.90 Å². The lowest BCUT2D eigenvalue weighted by molar-refractivity contribution is -0.150. The maximum atomic E-state index is 12.6. The number of hydrogen-bond donors (Lipinski definition) is 0. The Morgan fingerprint density at radius 2 is 1.68 bits per heavy atom. The number of nitrogens with zero attached hydrogens (tertiary/aromatic N) is 3. The van der Waals surface area contributed by atoms with E-state index in [1.807, 2.05) is 0 Å². The lowest BCUT2D eigenvalue weighted by Crippen LogP contribution is -2.41. The SMILES string of the molecule is O=C(OCCN1C(=O)c2ccccc2C1=O)C1CCN(S(=O)(=O)c2cccnc2)CC1. The minimum absolute atomic E-state index is 0.0215. The van der Waals surface area contributed by atoms with Gasteiger partial charge < -0.3 is 4.74 Å². The summed E-state index contributed by atoms with van der Waals surface area (Å²) >= 11 is 0. The molecule has 9 nitrogen and oxygen atoms in total. The highest BCUT2D eigenvalue weighted by Gasteiger charge is 2.36. The number of aromatic nitrogens is 1. The van der Waals surface area contributed by atoms with E-state index in [0.29, 0.717) is 24.0 Å². The van der Waals surface area contributed by atoms with E-state index in [1.54, 1.807) is 30.3 Å². The summed E-state index contributed by atoms with van der Waals surface area (Å²) in [6.07, 6.45) is 3.48. The molecule has 2 aliphatic rings. The fourth-order valence-electron chi connectivity index (χ4n) is 3.78. The first-order valence-electron chi connectivity index (χ1n) is 9.91. The van der Waals surface area contributed by atoms with Crippen molar-refractivity contribution in [2.75, 3.05) is 26.2 Å². The van der Waals surface area contributed by atoms with Crippen molar-refractivity contribution in [1.29, 1.82) is 0 Å². The zero-order valence-corrected chi connectivity index (χ0v) is 17.5. The first kappa shape index (κ1) is 21.1. The Bertz CT molecular complexity index is 1080. The number of carbonyl (C=O) groups is 3. The molecule has 31 heavy (non-hydrogen) atoms. The number of imide groups is 1. The Morgan fingerprint density at radius 1 is 1.03 bits per heavy atom. The maximum Gasteiger partial charge on any atom is 0.309 e. The van der Waals surface area contributed by atoms with Crippen LogP contribution in [0.15, 0.2) is 53.7 Å². The van der Waals surface area contributed by atoms with Gasteiger partial charge in [0.05, 0.1) is 23.6 Å². The van der Waals surface area contributed by atoms with Crippen LogP contribution in [0.5, 0.6) is 0 Å². The van der Waals surface area contributed by atoms with Crippen molar-refractivity contribution in [1.82, 2.24) is 14.2 Å². The van der Waals surface area contributed by atoms with Gasteiger partial charge in [-0.25, -0.2) is 8.42 Å². The monoisotopic (exact) mass is 443 g/mol. The van der Waals surface area contributed by atoms with Crippen molar-refractivity contribution in [2.24, 2.45) is 5.92 Å². The number of amides is 2. The van der Waals surface area contributed by atoms with E-state index in [-0.39, 0.29) is 31.1 Å². The zero-order valence-electron chi connectivity index (χ0n) is 16.6. The first-order valence-corrected chi connectivity index (χ1v) is 11.4. The highest BCUT2D eigenvalue weighted by molar-refractivity contribution is 7.89. The smallest absolute Gasteiger partial charge is 0.309 e. The summed E-state index contributed by atoms with van der Waals surface area (Å²) in [5, 5.41) is 0. The molecule has 1 fully saturated rings. The van der Waals surface area contributed by atoms with Gasteiger partial charge >= 0.3 is 5.97 Å². The van der Waals surface area contributed by atoms with Crippen LogP contribution in [-0.2, 0) is 19.6 Å². The second-order valence-electron chi connectivity index (χ2n) is 7.34. The number of hydrogen-bond acceptors (Lipinski definition) is 7. The Balaban J connectivity index is 1.27. The highest BCUT2D eigenvalue weighted by atomic mass is 32.2. The van der Waals surface area contributed by atoms with Gasteiger partial charge in [0.1, 0.15) is 11.5 Å². The van der Waals surface area contributed by atoms with Crippen LogP contribution in [0.25, 0.3) is 0 Å². The summed E-state index contributed by atoms with van der Waals surface area (Å²) in [6, 6.07) is 9.61. The van der Waals surface area contributed by atoms with E-state index in [9.17, 15) is 22.8 Å². The van der Waals surface area contributed by atoms with Crippen LogP contribution >= 0.6 is 0 Å².